The summed E-state index contributed by atoms with van der Waals surface area (Å²) in [6.07, 6.45) is -0.262. The van der Waals surface area contributed by atoms with Crippen LogP contribution in [0.5, 0.6) is 0 Å². The van der Waals surface area contributed by atoms with Gasteiger partial charge >= 0.3 is 12.1 Å². The molecular weight excluding hydrogens is 221 g/mol. The molecule has 0 aliphatic heterocycles. The summed E-state index contributed by atoms with van der Waals surface area (Å²) in [5.41, 5.74) is 0. The number of allylic oxidation sites excluding steroid dienone is 2. The number of rotatable bonds is 6. The van der Waals surface area contributed by atoms with Crippen LogP contribution in [0.2, 0.25) is 0 Å². The van der Waals surface area contributed by atoms with E-state index < -0.39 is 18.1 Å². The maximum atomic E-state index is 12.5. The molecule has 0 aromatic carbocycles. The fourth-order valence-electron chi connectivity index (χ4n) is 1.12. The van der Waals surface area contributed by atoms with Crippen molar-refractivity contribution in [2.45, 2.75) is 39.3 Å². The van der Waals surface area contributed by atoms with E-state index in [2.05, 4.69) is 4.74 Å². The molecule has 1 unspecified atom stereocenters. The zero-order valence-corrected chi connectivity index (χ0v) is 9.51. The average molecular weight is 238 g/mol. The van der Waals surface area contributed by atoms with Crippen molar-refractivity contribution in [2.24, 2.45) is 5.92 Å². The second-order valence-electron chi connectivity index (χ2n) is 3.34. The van der Waals surface area contributed by atoms with Crippen LogP contribution in [0.4, 0.5) is 13.2 Å². The molecule has 0 amide bonds. The number of halogens is 3. The number of carbonyl (C=O) groups is 1. The monoisotopic (exact) mass is 238 g/mol. The van der Waals surface area contributed by atoms with Crippen molar-refractivity contribution in [3.8, 4) is 0 Å². The van der Waals surface area contributed by atoms with Gasteiger partial charge in [-0.2, -0.15) is 13.2 Å². The molecule has 0 aromatic heterocycles. The SMILES string of the molecule is CCC/C=C/CC(C(=O)OCC)C(F)(F)F. The molecule has 1 atom stereocenters. The topological polar surface area (TPSA) is 26.3 Å². The summed E-state index contributed by atoms with van der Waals surface area (Å²) in [4.78, 5) is 11.1. The maximum absolute atomic E-state index is 12.5. The summed E-state index contributed by atoms with van der Waals surface area (Å²) in [7, 11) is 0. The van der Waals surface area contributed by atoms with Crippen molar-refractivity contribution >= 4 is 5.97 Å². The molecule has 5 heteroatoms. The normalized spacial score (nSPS) is 14.1. The van der Waals surface area contributed by atoms with Gasteiger partial charge in [0, 0.05) is 0 Å². The molecule has 0 radical (unpaired) electrons. The van der Waals surface area contributed by atoms with Crippen molar-refractivity contribution in [3.63, 3.8) is 0 Å². The summed E-state index contributed by atoms with van der Waals surface area (Å²) >= 11 is 0. The third kappa shape index (κ3) is 5.78. The molecule has 0 aliphatic rings. The summed E-state index contributed by atoms with van der Waals surface area (Å²) in [6, 6.07) is 0. The van der Waals surface area contributed by atoms with Gasteiger partial charge < -0.3 is 4.74 Å². The standard InChI is InChI=1S/C11H17F3O2/c1-3-5-6-7-8-9(11(12,13)14)10(15)16-4-2/h6-7,9H,3-5,8H2,1-2H3/b7-6+. The predicted octanol–water partition coefficient (Wildman–Crippen LogP) is 3.47. The fourth-order valence-corrected chi connectivity index (χ4v) is 1.12. The highest BCUT2D eigenvalue weighted by atomic mass is 19.4. The van der Waals surface area contributed by atoms with Gasteiger partial charge in [0.05, 0.1) is 6.61 Å². The van der Waals surface area contributed by atoms with E-state index in [1.54, 1.807) is 6.08 Å². The van der Waals surface area contributed by atoms with E-state index in [9.17, 15) is 18.0 Å². The van der Waals surface area contributed by atoms with Crippen LogP contribution in [-0.2, 0) is 9.53 Å². The highest BCUT2D eigenvalue weighted by Crippen LogP contribution is 2.30. The summed E-state index contributed by atoms with van der Waals surface area (Å²) < 4.78 is 41.8. The molecule has 0 heterocycles. The van der Waals surface area contributed by atoms with Crippen molar-refractivity contribution in [3.05, 3.63) is 12.2 Å². The van der Waals surface area contributed by atoms with Gasteiger partial charge in [-0.3, -0.25) is 4.79 Å². The van der Waals surface area contributed by atoms with E-state index in [1.807, 2.05) is 6.92 Å². The van der Waals surface area contributed by atoms with E-state index in [1.165, 1.54) is 13.0 Å². The molecule has 0 saturated carbocycles. The van der Waals surface area contributed by atoms with E-state index >= 15 is 0 Å². The van der Waals surface area contributed by atoms with Crippen LogP contribution >= 0.6 is 0 Å². The quantitative estimate of drug-likeness (QED) is 0.523. The Labute approximate surface area is 93.5 Å². The van der Waals surface area contributed by atoms with Crippen molar-refractivity contribution in [1.29, 1.82) is 0 Å². The van der Waals surface area contributed by atoms with Crippen LogP contribution in [0.3, 0.4) is 0 Å². The number of hydrogen-bond donors (Lipinski definition) is 0. The number of hydrogen-bond acceptors (Lipinski definition) is 2. The summed E-state index contributed by atoms with van der Waals surface area (Å²) in [6.45, 7) is 3.37. The molecule has 0 rings (SSSR count). The van der Waals surface area contributed by atoms with Crippen LogP contribution in [0.25, 0.3) is 0 Å². The van der Waals surface area contributed by atoms with Gasteiger partial charge in [0.15, 0.2) is 5.92 Å². The highest BCUT2D eigenvalue weighted by molar-refractivity contribution is 5.73. The maximum Gasteiger partial charge on any atom is 0.402 e. The lowest BCUT2D eigenvalue weighted by Gasteiger charge is -2.16. The second kappa shape index (κ2) is 7.30. The first kappa shape index (κ1) is 15.0. The van der Waals surface area contributed by atoms with E-state index in [-0.39, 0.29) is 13.0 Å². The average Bonchev–Trinajstić information content (AvgIpc) is 2.16. The minimum absolute atomic E-state index is 0.0376. The largest absolute Gasteiger partial charge is 0.466 e. The first-order valence-electron chi connectivity index (χ1n) is 5.31. The lowest BCUT2D eigenvalue weighted by Crippen LogP contribution is -2.31. The number of alkyl halides is 3. The van der Waals surface area contributed by atoms with Crippen molar-refractivity contribution in [1.82, 2.24) is 0 Å². The Kier molecular flexibility index (Phi) is 6.85. The van der Waals surface area contributed by atoms with Crippen LogP contribution < -0.4 is 0 Å². The zero-order valence-electron chi connectivity index (χ0n) is 9.51. The van der Waals surface area contributed by atoms with E-state index in [4.69, 9.17) is 0 Å². The number of esters is 1. The van der Waals surface area contributed by atoms with E-state index in [0.717, 1.165) is 6.42 Å². The van der Waals surface area contributed by atoms with Gasteiger partial charge in [0.2, 0.25) is 0 Å². The minimum atomic E-state index is -4.54. The Morgan fingerprint density at radius 3 is 2.38 bits per heavy atom. The molecule has 0 N–H and O–H groups in total. The molecule has 0 aromatic rings. The Balaban J connectivity index is 4.39. The Bertz CT molecular complexity index is 234. The molecule has 94 valence electrons. The van der Waals surface area contributed by atoms with Crippen LogP contribution in [-0.4, -0.2) is 18.8 Å². The molecular formula is C11H17F3O2. The van der Waals surface area contributed by atoms with Gasteiger partial charge in [-0.1, -0.05) is 25.5 Å². The molecule has 0 fully saturated rings. The van der Waals surface area contributed by atoms with Gasteiger partial charge in [-0.05, 0) is 19.8 Å². The molecule has 2 nitrogen and oxygen atoms in total. The molecule has 0 spiro atoms. The van der Waals surface area contributed by atoms with Gasteiger partial charge in [0.25, 0.3) is 0 Å². The third-order valence-corrected chi connectivity index (χ3v) is 1.96. The smallest absolute Gasteiger partial charge is 0.402 e. The Hall–Kier alpha value is -1.00. The predicted molar refractivity (Wildman–Crippen MR) is 54.8 cm³/mol. The third-order valence-electron chi connectivity index (χ3n) is 1.96. The fraction of sp³-hybridized carbons (Fsp3) is 0.727. The first-order chi connectivity index (χ1) is 7.43. The Morgan fingerprint density at radius 2 is 1.94 bits per heavy atom. The number of unbranched alkanes of at least 4 members (excludes halogenated alkanes) is 1. The van der Waals surface area contributed by atoms with Gasteiger partial charge in [-0.25, -0.2) is 0 Å². The van der Waals surface area contributed by atoms with Crippen LogP contribution in [0.1, 0.15) is 33.1 Å². The molecule has 16 heavy (non-hydrogen) atoms. The van der Waals surface area contributed by atoms with Crippen LogP contribution in [0.15, 0.2) is 12.2 Å². The number of carbonyl (C=O) groups excluding carboxylic acids is 1. The lowest BCUT2D eigenvalue weighted by atomic mass is 10.0. The van der Waals surface area contributed by atoms with Crippen LogP contribution in [0, 0.1) is 5.92 Å². The van der Waals surface area contributed by atoms with Crippen molar-refractivity contribution < 1.29 is 22.7 Å². The number of ether oxygens (including phenoxy) is 1. The second-order valence-corrected chi connectivity index (χ2v) is 3.34. The first-order valence-corrected chi connectivity index (χ1v) is 5.31. The van der Waals surface area contributed by atoms with Gasteiger partial charge in [0.1, 0.15) is 0 Å². The summed E-state index contributed by atoms with van der Waals surface area (Å²) in [5.74, 6) is -3.24. The van der Waals surface area contributed by atoms with Crippen molar-refractivity contribution in [2.75, 3.05) is 6.61 Å². The zero-order chi connectivity index (χ0) is 12.6. The minimum Gasteiger partial charge on any atom is -0.466 e. The van der Waals surface area contributed by atoms with E-state index in [0.29, 0.717) is 6.42 Å². The molecule has 0 bridgehead atoms. The molecule has 0 saturated heterocycles. The molecule has 0 aliphatic carbocycles. The lowest BCUT2D eigenvalue weighted by molar-refractivity contribution is -0.196. The highest BCUT2D eigenvalue weighted by Gasteiger charge is 2.44. The van der Waals surface area contributed by atoms with Gasteiger partial charge in [-0.15, -0.1) is 0 Å². The Morgan fingerprint density at radius 1 is 1.31 bits per heavy atom. The summed E-state index contributed by atoms with van der Waals surface area (Å²) in [5, 5.41) is 0.